The SMILES string of the molecule is COCCNCC/C=C/CCC1CCCCC1. The lowest BCUT2D eigenvalue weighted by Gasteiger charge is -2.20. The van der Waals surface area contributed by atoms with E-state index < -0.39 is 0 Å². The first kappa shape index (κ1) is 14.7. The summed E-state index contributed by atoms with van der Waals surface area (Å²) in [4.78, 5) is 0. The van der Waals surface area contributed by atoms with Crippen molar-refractivity contribution in [2.24, 2.45) is 5.92 Å². The molecule has 0 aromatic carbocycles. The van der Waals surface area contributed by atoms with Gasteiger partial charge in [0.1, 0.15) is 0 Å². The Morgan fingerprint density at radius 2 is 1.82 bits per heavy atom. The van der Waals surface area contributed by atoms with Gasteiger partial charge in [0.2, 0.25) is 0 Å². The molecule has 1 rings (SSSR count). The van der Waals surface area contributed by atoms with Crippen molar-refractivity contribution in [3.05, 3.63) is 12.2 Å². The lowest BCUT2D eigenvalue weighted by molar-refractivity contribution is 0.199. The quantitative estimate of drug-likeness (QED) is 0.491. The second-order valence-corrected chi connectivity index (χ2v) is 5.08. The number of rotatable bonds is 9. The van der Waals surface area contributed by atoms with Crippen LogP contribution in [0.5, 0.6) is 0 Å². The van der Waals surface area contributed by atoms with Gasteiger partial charge in [0, 0.05) is 13.7 Å². The van der Waals surface area contributed by atoms with Crippen LogP contribution in [0.3, 0.4) is 0 Å². The Kier molecular flexibility index (Phi) is 9.34. The van der Waals surface area contributed by atoms with Crippen LogP contribution < -0.4 is 5.32 Å². The molecular weight excluding hydrogens is 210 g/mol. The standard InChI is InChI=1S/C15H29NO/c1-17-14-13-16-12-8-3-2-5-9-15-10-6-4-7-11-15/h2-3,15-16H,4-14H2,1H3/b3-2+. The van der Waals surface area contributed by atoms with Crippen molar-refractivity contribution in [3.8, 4) is 0 Å². The molecule has 0 bridgehead atoms. The molecule has 0 amide bonds. The first-order chi connectivity index (χ1) is 8.43. The van der Waals surface area contributed by atoms with Gasteiger partial charge >= 0.3 is 0 Å². The molecule has 2 heteroatoms. The van der Waals surface area contributed by atoms with Crippen LogP contribution in [0.25, 0.3) is 0 Å². The lowest BCUT2D eigenvalue weighted by atomic mass is 9.86. The van der Waals surface area contributed by atoms with E-state index in [0.29, 0.717) is 0 Å². The molecule has 100 valence electrons. The van der Waals surface area contributed by atoms with Crippen LogP contribution in [-0.2, 0) is 4.74 Å². The number of hydrogen-bond donors (Lipinski definition) is 1. The normalized spacial score (nSPS) is 17.9. The van der Waals surface area contributed by atoms with E-state index in [0.717, 1.165) is 32.0 Å². The van der Waals surface area contributed by atoms with E-state index in [4.69, 9.17) is 4.74 Å². The minimum atomic E-state index is 0.811. The summed E-state index contributed by atoms with van der Waals surface area (Å²) >= 11 is 0. The van der Waals surface area contributed by atoms with Crippen molar-refractivity contribution in [1.29, 1.82) is 0 Å². The summed E-state index contributed by atoms with van der Waals surface area (Å²) in [6.07, 6.45) is 15.9. The van der Waals surface area contributed by atoms with E-state index >= 15 is 0 Å². The fourth-order valence-electron chi connectivity index (χ4n) is 2.53. The van der Waals surface area contributed by atoms with Crippen molar-refractivity contribution < 1.29 is 4.74 Å². The van der Waals surface area contributed by atoms with E-state index in [1.807, 2.05) is 0 Å². The third kappa shape index (κ3) is 8.39. The summed E-state index contributed by atoms with van der Waals surface area (Å²) in [5.74, 6) is 1.02. The zero-order valence-corrected chi connectivity index (χ0v) is 11.4. The van der Waals surface area contributed by atoms with Crippen molar-refractivity contribution in [1.82, 2.24) is 5.32 Å². The Hall–Kier alpha value is -0.340. The van der Waals surface area contributed by atoms with Crippen LogP contribution in [0.4, 0.5) is 0 Å². The van der Waals surface area contributed by atoms with Gasteiger partial charge in [0.15, 0.2) is 0 Å². The van der Waals surface area contributed by atoms with Gasteiger partial charge in [-0.2, -0.15) is 0 Å². The number of methoxy groups -OCH3 is 1. The Bertz CT molecular complexity index is 185. The van der Waals surface area contributed by atoms with Crippen LogP contribution in [0, 0.1) is 5.92 Å². The number of nitrogens with one attached hydrogen (secondary N) is 1. The predicted octanol–water partition coefficient (Wildman–Crippen LogP) is 3.53. The highest BCUT2D eigenvalue weighted by Gasteiger charge is 2.11. The smallest absolute Gasteiger partial charge is 0.0587 e. The molecule has 0 atom stereocenters. The molecule has 0 aromatic rings. The fourth-order valence-corrected chi connectivity index (χ4v) is 2.53. The average molecular weight is 239 g/mol. The van der Waals surface area contributed by atoms with Gasteiger partial charge in [-0.1, -0.05) is 44.3 Å². The van der Waals surface area contributed by atoms with Crippen LogP contribution in [0.15, 0.2) is 12.2 Å². The van der Waals surface area contributed by atoms with Gasteiger partial charge in [-0.25, -0.2) is 0 Å². The van der Waals surface area contributed by atoms with E-state index in [1.54, 1.807) is 7.11 Å². The molecule has 1 aliphatic rings. The molecular formula is C15H29NO. The van der Waals surface area contributed by atoms with Gasteiger partial charge in [-0.3, -0.25) is 0 Å². The first-order valence-corrected chi connectivity index (χ1v) is 7.28. The van der Waals surface area contributed by atoms with E-state index in [1.165, 1.54) is 44.9 Å². The summed E-state index contributed by atoms with van der Waals surface area (Å²) in [5.41, 5.74) is 0. The molecule has 2 nitrogen and oxygen atoms in total. The second-order valence-electron chi connectivity index (χ2n) is 5.08. The number of hydrogen-bond acceptors (Lipinski definition) is 2. The minimum Gasteiger partial charge on any atom is -0.383 e. The highest BCUT2D eigenvalue weighted by Crippen LogP contribution is 2.27. The maximum atomic E-state index is 4.97. The van der Waals surface area contributed by atoms with E-state index in [2.05, 4.69) is 17.5 Å². The Balaban J connectivity index is 1.84. The van der Waals surface area contributed by atoms with Crippen molar-refractivity contribution in [3.63, 3.8) is 0 Å². The second kappa shape index (κ2) is 10.8. The highest BCUT2D eigenvalue weighted by molar-refractivity contribution is 4.83. The van der Waals surface area contributed by atoms with Gasteiger partial charge in [-0.15, -0.1) is 0 Å². The lowest BCUT2D eigenvalue weighted by Crippen LogP contribution is -2.19. The molecule has 0 aliphatic heterocycles. The van der Waals surface area contributed by atoms with Crippen molar-refractivity contribution >= 4 is 0 Å². The zero-order valence-electron chi connectivity index (χ0n) is 11.4. The predicted molar refractivity (Wildman–Crippen MR) is 74.3 cm³/mol. The largest absolute Gasteiger partial charge is 0.383 e. The van der Waals surface area contributed by atoms with Crippen LogP contribution in [-0.4, -0.2) is 26.8 Å². The van der Waals surface area contributed by atoms with Crippen molar-refractivity contribution in [2.75, 3.05) is 26.8 Å². The van der Waals surface area contributed by atoms with Gasteiger partial charge in [0.05, 0.1) is 6.61 Å². The number of allylic oxidation sites excluding steroid dienone is 1. The first-order valence-electron chi connectivity index (χ1n) is 7.28. The van der Waals surface area contributed by atoms with Crippen molar-refractivity contribution in [2.45, 2.75) is 51.4 Å². The summed E-state index contributed by atoms with van der Waals surface area (Å²) < 4.78 is 4.97. The maximum Gasteiger partial charge on any atom is 0.0587 e. The molecule has 0 radical (unpaired) electrons. The monoisotopic (exact) mass is 239 g/mol. The molecule has 1 fully saturated rings. The molecule has 1 saturated carbocycles. The Morgan fingerprint density at radius 1 is 1.06 bits per heavy atom. The molecule has 17 heavy (non-hydrogen) atoms. The van der Waals surface area contributed by atoms with Crippen LogP contribution in [0.1, 0.15) is 51.4 Å². The third-order valence-corrected chi connectivity index (χ3v) is 3.60. The molecule has 0 unspecified atom stereocenters. The Labute approximate surface area is 107 Å². The number of ether oxygens (including phenoxy) is 1. The van der Waals surface area contributed by atoms with E-state index in [-0.39, 0.29) is 0 Å². The van der Waals surface area contributed by atoms with E-state index in [9.17, 15) is 0 Å². The van der Waals surface area contributed by atoms with Crippen LogP contribution >= 0.6 is 0 Å². The third-order valence-electron chi connectivity index (χ3n) is 3.60. The van der Waals surface area contributed by atoms with Gasteiger partial charge in [0.25, 0.3) is 0 Å². The molecule has 0 spiro atoms. The van der Waals surface area contributed by atoms with Crippen LogP contribution in [0.2, 0.25) is 0 Å². The molecule has 0 saturated heterocycles. The van der Waals surface area contributed by atoms with Gasteiger partial charge in [-0.05, 0) is 31.7 Å². The maximum absolute atomic E-state index is 4.97. The summed E-state index contributed by atoms with van der Waals surface area (Å²) in [6, 6.07) is 0. The highest BCUT2D eigenvalue weighted by atomic mass is 16.5. The minimum absolute atomic E-state index is 0.811. The topological polar surface area (TPSA) is 21.3 Å². The molecule has 1 N–H and O–H groups in total. The molecule has 1 aliphatic carbocycles. The molecule has 0 heterocycles. The summed E-state index contributed by atoms with van der Waals surface area (Å²) in [5, 5.41) is 3.35. The Morgan fingerprint density at radius 3 is 2.59 bits per heavy atom. The summed E-state index contributed by atoms with van der Waals surface area (Å²) in [6.45, 7) is 2.85. The average Bonchev–Trinajstić information content (AvgIpc) is 2.38. The fraction of sp³-hybridized carbons (Fsp3) is 0.867. The summed E-state index contributed by atoms with van der Waals surface area (Å²) in [7, 11) is 1.74. The van der Waals surface area contributed by atoms with Gasteiger partial charge < -0.3 is 10.1 Å². The zero-order chi connectivity index (χ0) is 12.2. The molecule has 0 aromatic heterocycles.